The van der Waals surface area contributed by atoms with Crippen LogP contribution in [0.1, 0.15) is 11.1 Å². The molecule has 5 heteroatoms. The molecule has 0 fully saturated rings. The molecule has 0 atom stereocenters. The Hall–Kier alpha value is -4.12. The predicted molar refractivity (Wildman–Crippen MR) is 128 cm³/mol. The van der Waals surface area contributed by atoms with Gasteiger partial charge in [0.2, 0.25) is 0 Å². The first-order valence-corrected chi connectivity index (χ1v) is 9.81. The van der Waals surface area contributed by atoms with E-state index in [1.807, 2.05) is 60.7 Å². The maximum atomic E-state index is 5.77. The van der Waals surface area contributed by atoms with E-state index in [1.54, 1.807) is 0 Å². The lowest BCUT2D eigenvalue weighted by molar-refractivity contribution is 1.27. The lowest BCUT2D eigenvalue weighted by Crippen LogP contribution is -1.87. The van der Waals surface area contributed by atoms with E-state index < -0.39 is 0 Å². The molecule has 0 aliphatic heterocycles. The molecule has 30 heavy (non-hydrogen) atoms. The minimum atomic E-state index is 0.766. The number of rotatable bonds is 0. The van der Waals surface area contributed by atoms with Crippen LogP contribution in [0.3, 0.4) is 0 Å². The second-order valence-electron chi connectivity index (χ2n) is 7.74. The summed E-state index contributed by atoms with van der Waals surface area (Å²) in [6.45, 7) is 0. The van der Waals surface area contributed by atoms with Crippen LogP contribution < -0.4 is 22.9 Å². The largest absolute Gasteiger partial charge is 0.399 e. The van der Waals surface area contributed by atoms with Gasteiger partial charge in [-0.15, -0.1) is 0 Å². The van der Waals surface area contributed by atoms with Gasteiger partial charge >= 0.3 is 0 Å². The van der Waals surface area contributed by atoms with E-state index in [0.29, 0.717) is 0 Å². The fourth-order valence-electron chi connectivity index (χ4n) is 4.20. The van der Waals surface area contributed by atoms with Crippen LogP contribution in [0, 0.1) is 0 Å². The summed E-state index contributed by atoms with van der Waals surface area (Å²) in [7, 11) is 0. The van der Waals surface area contributed by atoms with Crippen molar-refractivity contribution in [3.8, 4) is 11.1 Å². The van der Waals surface area contributed by atoms with Crippen LogP contribution >= 0.6 is 0 Å². The summed E-state index contributed by atoms with van der Waals surface area (Å²) < 4.78 is 0. The molecule has 1 aromatic heterocycles. The molecule has 0 radical (unpaired) electrons. The van der Waals surface area contributed by atoms with Crippen molar-refractivity contribution in [2.45, 2.75) is 6.42 Å². The minimum absolute atomic E-state index is 0.766. The molecular weight excluding hydrogens is 370 g/mol. The molecule has 0 bridgehead atoms. The lowest BCUT2D eigenvalue weighted by atomic mass is 10.1. The summed E-state index contributed by atoms with van der Waals surface area (Å²) in [5, 5.41) is 2.36. The Balaban J connectivity index is 0.000000128. The standard InChI is InChI=1S/C13H12N2.C12H11N3/c14-10-1-3-12-8(6-10)5-9-7-11(15)2-4-13(9)12;13-7-1-3-9-10-4-2-8(14)6-12(10)15-11(9)5-7/h1-4,6-7H,5,14-15H2;1-6,15H,13-14H2. The average molecular weight is 393 g/mol. The first kappa shape index (κ1) is 17.9. The molecule has 4 aromatic carbocycles. The van der Waals surface area contributed by atoms with Gasteiger partial charge in [0.25, 0.3) is 0 Å². The Morgan fingerprint density at radius 3 is 1.37 bits per heavy atom. The number of anilines is 4. The van der Waals surface area contributed by atoms with Crippen molar-refractivity contribution in [1.29, 1.82) is 0 Å². The molecule has 1 heterocycles. The fraction of sp³-hybridized carbons (Fsp3) is 0.0400. The van der Waals surface area contributed by atoms with Crippen LogP contribution in [0.4, 0.5) is 22.7 Å². The van der Waals surface area contributed by atoms with Gasteiger partial charge in [0.15, 0.2) is 0 Å². The Bertz CT molecular complexity index is 1310. The maximum absolute atomic E-state index is 5.77. The summed E-state index contributed by atoms with van der Waals surface area (Å²) in [6.07, 6.45) is 0.945. The second-order valence-corrected chi connectivity index (χ2v) is 7.74. The van der Waals surface area contributed by atoms with Crippen LogP contribution in [0.5, 0.6) is 0 Å². The Morgan fingerprint density at radius 1 is 0.500 bits per heavy atom. The van der Waals surface area contributed by atoms with Crippen molar-refractivity contribution in [2.24, 2.45) is 0 Å². The third kappa shape index (κ3) is 3.06. The van der Waals surface area contributed by atoms with Crippen LogP contribution in [-0.2, 0) is 6.42 Å². The highest BCUT2D eigenvalue weighted by Crippen LogP contribution is 2.38. The first-order valence-electron chi connectivity index (χ1n) is 9.81. The van der Waals surface area contributed by atoms with Crippen molar-refractivity contribution >= 4 is 44.6 Å². The molecule has 5 aromatic rings. The Labute approximate surface area is 174 Å². The maximum Gasteiger partial charge on any atom is 0.0485 e. The highest BCUT2D eigenvalue weighted by atomic mass is 14.7. The zero-order valence-electron chi connectivity index (χ0n) is 16.4. The van der Waals surface area contributed by atoms with Crippen molar-refractivity contribution in [1.82, 2.24) is 4.98 Å². The summed E-state index contributed by atoms with van der Waals surface area (Å²) >= 11 is 0. The van der Waals surface area contributed by atoms with Crippen molar-refractivity contribution in [3.05, 3.63) is 83.9 Å². The first-order chi connectivity index (χ1) is 14.5. The number of H-pyrrole nitrogens is 1. The molecule has 1 aliphatic carbocycles. The molecule has 5 nitrogen and oxygen atoms in total. The van der Waals surface area contributed by atoms with Crippen LogP contribution in [-0.4, -0.2) is 4.98 Å². The number of aromatic amines is 1. The third-order valence-corrected chi connectivity index (χ3v) is 5.58. The van der Waals surface area contributed by atoms with E-state index in [1.165, 1.54) is 33.0 Å². The summed E-state index contributed by atoms with van der Waals surface area (Å²) in [5.74, 6) is 0. The fourth-order valence-corrected chi connectivity index (χ4v) is 4.20. The van der Waals surface area contributed by atoms with Crippen LogP contribution in [0.25, 0.3) is 32.9 Å². The van der Waals surface area contributed by atoms with Gasteiger partial charge in [-0.25, -0.2) is 0 Å². The number of nitrogen functional groups attached to an aromatic ring is 4. The number of nitrogens with two attached hydrogens (primary N) is 4. The quantitative estimate of drug-likeness (QED) is 0.236. The third-order valence-electron chi connectivity index (χ3n) is 5.58. The summed E-state index contributed by atoms with van der Waals surface area (Å²) in [6, 6.07) is 23.9. The number of nitrogens with one attached hydrogen (secondary N) is 1. The van der Waals surface area contributed by atoms with E-state index >= 15 is 0 Å². The zero-order valence-corrected chi connectivity index (χ0v) is 16.4. The van der Waals surface area contributed by atoms with Gasteiger partial charge in [0.05, 0.1) is 0 Å². The van der Waals surface area contributed by atoms with Crippen molar-refractivity contribution in [2.75, 3.05) is 22.9 Å². The summed E-state index contributed by atoms with van der Waals surface area (Å²) in [4.78, 5) is 3.30. The predicted octanol–water partition coefficient (Wildman–Crippen LogP) is 4.91. The van der Waals surface area contributed by atoms with E-state index in [-0.39, 0.29) is 0 Å². The molecular formula is C25H23N5. The SMILES string of the molecule is Nc1ccc2c(c1)Cc1cc(N)ccc1-2.Nc1ccc2c(c1)[nH]c1cc(N)ccc12. The van der Waals surface area contributed by atoms with Gasteiger partial charge in [0.1, 0.15) is 0 Å². The number of aromatic nitrogens is 1. The topological polar surface area (TPSA) is 120 Å². The zero-order chi connectivity index (χ0) is 20.8. The molecule has 148 valence electrons. The number of benzene rings is 4. The highest BCUT2D eigenvalue weighted by molar-refractivity contribution is 6.08. The second kappa shape index (κ2) is 6.74. The number of fused-ring (bicyclic) bond motifs is 6. The molecule has 0 saturated heterocycles. The van der Waals surface area contributed by atoms with Gasteiger partial charge in [-0.1, -0.05) is 24.3 Å². The molecule has 9 N–H and O–H groups in total. The lowest BCUT2D eigenvalue weighted by Gasteiger charge is -2.01. The van der Waals surface area contributed by atoms with Gasteiger partial charge in [0, 0.05) is 44.6 Å². The number of hydrogen-bond acceptors (Lipinski definition) is 4. The van der Waals surface area contributed by atoms with Gasteiger partial charge in [-0.05, 0) is 77.2 Å². The van der Waals surface area contributed by atoms with Gasteiger partial charge in [-0.2, -0.15) is 0 Å². The molecule has 0 amide bonds. The smallest absolute Gasteiger partial charge is 0.0485 e. The molecule has 0 spiro atoms. The van der Waals surface area contributed by atoms with Crippen molar-refractivity contribution < 1.29 is 0 Å². The molecule has 1 aliphatic rings. The normalized spacial score (nSPS) is 11.7. The van der Waals surface area contributed by atoms with Crippen LogP contribution in [0.15, 0.2) is 72.8 Å². The highest BCUT2D eigenvalue weighted by Gasteiger charge is 2.18. The Kier molecular flexibility index (Phi) is 4.03. The van der Waals surface area contributed by atoms with Gasteiger partial charge in [-0.3, -0.25) is 0 Å². The van der Waals surface area contributed by atoms with E-state index in [9.17, 15) is 0 Å². The number of hydrogen-bond donors (Lipinski definition) is 5. The average Bonchev–Trinajstić information content (AvgIpc) is 3.23. The van der Waals surface area contributed by atoms with E-state index in [2.05, 4.69) is 17.1 Å². The van der Waals surface area contributed by atoms with E-state index in [0.717, 1.165) is 40.2 Å². The van der Waals surface area contributed by atoms with Gasteiger partial charge < -0.3 is 27.9 Å². The van der Waals surface area contributed by atoms with E-state index in [4.69, 9.17) is 22.9 Å². The summed E-state index contributed by atoms with van der Waals surface area (Å²) in [5.41, 5.74) is 33.5. The minimum Gasteiger partial charge on any atom is -0.399 e. The van der Waals surface area contributed by atoms with Crippen molar-refractivity contribution in [3.63, 3.8) is 0 Å². The Morgan fingerprint density at radius 2 is 0.900 bits per heavy atom. The molecule has 6 rings (SSSR count). The molecule has 0 unspecified atom stereocenters. The van der Waals surface area contributed by atoms with Crippen LogP contribution in [0.2, 0.25) is 0 Å². The molecule has 0 saturated carbocycles. The monoisotopic (exact) mass is 393 g/mol.